The molecule has 0 aliphatic heterocycles. The lowest BCUT2D eigenvalue weighted by atomic mass is 9.82. The first kappa shape index (κ1) is 20.1. The van der Waals surface area contributed by atoms with Gasteiger partial charge in [0, 0.05) is 17.4 Å². The third-order valence-corrected chi connectivity index (χ3v) is 5.28. The molecule has 1 aromatic rings. The van der Waals surface area contributed by atoms with Crippen LogP contribution in [0.2, 0.25) is 0 Å². The van der Waals surface area contributed by atoms with Crippen molar-refractivity contribution in [2.75, 3.05) is 7.11 Å². The topological polar surface area (TPSA) is 52.6 Å². The molecule has 0 amide bonds. The molecular weight excluding hydrogens is 359 g/mol. The number of carbonyl (C=O) groups is 2. The van der Waals surface area contributed by atoms with Crippen molar-refractivity contribution in [1.29, 1.82) is 0 Å². The van der Waals surface area contributed by atoms with Crippen molar-refractivity contribution in [2.45, 2.75) is 47.0 Å². The van der Waals surface area contributed by atoms with Crippen LogP contribution >= 0.6 is 0 Å². The summed E-state index contributed by atoms with van der Waals surface area (Å²) in [4.78, 5) is 25.7. The fourth-order valence-electron chi connectivity index (χ4n) is 3.82. The molecule has 148 valence electrons. The summed E-state index contributed by atoms with van der Waals surface area (Å²) in [5.74, 6) is 4.56. The summed E-state index contributed by atoms with van der Waals surface area (Å²) in [6.07, 6.45) is 2.10. The number of fused-ring (bicyclic) bond motifs is 2. The number of ketones is 1. The number of hydrogen-bond acceptors (Lipinski definition) is 4. The Hall–Kier alpha value is -2.61. The van der Waals surface area contributed by atoms with E-state index in [4.69, 9.17) is 9.47 Å². The minimum atomic E-state index is -0.736. The van der Waals surface area contributed by atoms with Gasteiger partial charge in [0.15, 0.2) is 5.78 Å². The third kappa shape index (κ3) is 3.56. The summed E-state index contributed by atoms with van der Waals surface area (Å²) in [5.41, 5.74) is -0.0790. The predicted octanol–water partition coefficient (Wildman–Crippen LogP) is 4.51. The summed E-state index contributed by atoms with van der Waals surface area (Å²) in [6.45, 7) is 6.90. The quantitative estimate of drug-likeness (QED) is 0.569. The Morgan fingerprint density at radius 3 is 2.50 bits per heavy atom. The monoisotopic (exact) mass is 384 g/mol. The van der Waals surface area contributed by atoms with Crippen molar-refractivity contribution < 1.29 is 23.5 Å². The van der Waals surface area contributed by atoms with E-state index in [1.807, 2.05) is 0 Å². The normalized spacial score (nSPS) is 21.3. The molecule has 1 aromatic carbocycles. The molecule has 28 heavy (non-hydrogen) atoms. The number of hydrogen-bond donors (Lipinski definition) is 0. The zero-order valence-corrected chi connectivity index (χ0v) is 16.9. The highest BCUT2D eigenvalue weighted by molar-refractivity contribution is 6.24. The van der Waals surface area contributed by atoms with Gasteiger partial charge < -0.3 is 9.47 Å². The molecule has 1 saturated carbocycles. The summed E-state index contributed by atoms with van der Waals surface area (Å²) < 4.78 is 26.2. The number of allylic oxidation sites excluding steroid dienone is 2. The van der Waals surface area contributed by atoms with E-state index in [1.165, 1.54) is 13.2 Å². The Kier molecular flexibility index (Phi) is 5.34. The highest BCUT2D eigenvalue weighted by Crippen LogP contribution is 2.49. The lowest BCUT2D eigenvalue weighted by Gasteiger charge is -2.28. The van der Waals surface area contributed by atoms with Crippen LogP contribution in [0.4, 0.5) is 4.39 Å². The van der Waals surface area contributed by atoms with E-state index < -0.39 is 17.2 Å². The Morgan fingerprint density at radius 2 is 1.89 bits per heavy atom. The van der Waals surface area contributed by atoms with Crippen molar-refractivity contribution >= 4 is 17.3 Å². The largest absolute Gasteiger partial charge is 0.496 e. The second-order valence-corrected chi connectivity index (χ2v) is 8.36. The molecule has 0 radical (unpaired) electrons. The number of halogens is 1. The van der Waals surface area contributed by atoms with Crippen LogP contribution in [-0.4, -0.2) is 18.9 Å². The maximum Gasteiger partial charge on any atom is 0.316 e. The lowest BCUT2D eigenvalue weighted by molar-refractivity contribution is -0.149. The molecule has 2 bridgehead atoms. The SMILES string of the molecule is CC#Cc1cc(F)c(C2=C(OC(=O)C(C)(C)C)C3CCC(C3)C2=O)c(OC)c1. The second kappa shape index (κ2) is 7.43. The van der Waals surface area contributed by atoms with Gasteiger partial charge in [-0.1, -0.05) is 5.92 Å². The van der Waals surface area contributed by atoms with Crippen LogP contribution in [0.3, 0.4) is 0 Å². The van der Waals surface area contributed by atoms with E-state index in [1.54, 1.807) is 33.8 Å². The molecular formula is C23H25FO4. The first-order valence-electron chi connectivity index (χ1n) is 9.48. The standard InChI is InChI=1S/C23H25FO4/c1-6-7-13-10-16(24)18(17(11-13)27-5)19-20(25)14-8-9-15(12-14)21(19)28-22(26)23(2,3)4/h10-11,14-15H,8-9,12H2,1-5H3. The van der Waals surface area contributed by atoms with Crippen LogP contribution < -0.4 is 4.74 Å². The lowest BCUT2D eigenvalue weighted by Crippen LogP contribution is -2.29. The van der Waals surface area contributed by atoms with Gasteiger partial charge in [0.1, 0.15) is 17.3 Å². The molecule has 0 saturated heterocycles. The average molecular weight is 384 g/mol. The minimum absolute atomic E-state index is 0.0578. The Morgan fingerprint density at radius 1 is 1.21 bits per heavy atom. The van der Waals surface area contributed by atoms with Crippen LogP contribution in [0.1, 0.15) is 58.1 Å². The van der Waals surface area contributed by atoms with Gasteiger partial charge in [-0.3, -0.25) is 9.59 Å². The van der Waals surface area contributed by atoms with Gasteiger partial charge in [0.25, 0.3) is 0 Å². The summed E-state index contributed by atoms with van der Waals surface area (Å²) in [5, 5.41) is 0. The molecule has 2 unspecified atom stereocenters. The fourth-order valence-corrected chi connectivity index (χ4v) is 3.82. The molecule has 2 atom stereocenters. The predicted molar refractivity (Wildman–Crippen MR) is 104 cm³/mol. The van der Waals surface area contributed by atoms with E-state index in [2.05, 4.69) is 11.8 Å². The van der Waals surface area contributed by atoms with Crippen molar-refractivity contribution in [1.82, 2.24) is 0 Å². The molecule has 2 aliphatic carbocycles. The summed E-state index contributed by atoms with van der Waals surface area (Å²) in [6, 6.07) is 2.89. The van der Waals surface area contributed by atoms with Crippen LogP contribution in [0.15, 0.2) is 17.9 Å². The van der Waals surface area contributed by atoms with Gasteiger partial charge in [-0.05, 0) is 59.1 Å². The number of Topliss-reactive ketones (excluding diaryl/α,β-unsaturated/α-hetero) is 1. The molecule has 0 aromatic heterocycles. The molecule has 1 fully saturated rings. The first-order valence-corrected chi connectivity index (χ1v) is 9.48. The molecule has 0 N–H and O–H groups in total. The Balaban J connectivity index is 2.22. The van der Waals surface area contributed by atoms with Gasteiger partial charge >= 0.3 is 5.97 Å². The molecule has 4 nitrogen and oxygen atoms in total. The number of esters is 1. The fraction of sp³-hybridized carbons (Fsp3) is 0.478. The molecule has 3 rings (SSSR count). The minimum Gasteiger partial charge on any atom is -0.496 e. The van der Waals surface area contributed by atoms with Crippen LogP contribution in [-0.2, 0) is 14.3 Å². The number of ether oxygens (including phenoxy) is 2. The average Bonchev–Trinajstić information content (AvgIpc) is 3.06. The van der Waals surface area contributed by atoms with E-state index >= 15 is 4.39 Å². The zero-order valence-electron chi connectivity index (χ0n) is 16.9. The Bertz CT molecular complexity index is 924. The van der Waals surface area contributed by atoms with Gasteiger partial charge in [-0.15, -0.1) is 5.92 Å². The van der Waals surface area contributed by atoms with Crippen LogP contribution in [0.25, 0.3) is 5.57 Å². The number of carbonyl (C=O) groups excluding carboxylic acids is 2. The Labute approximate surface area is 165 Å². The van der Waals surface area contributed by atoms with Crippen molar-refractivity contribution in [2.24, 2.45) is 17.3 Å². The van der Waals surface area contributed by atoms with Gasteiger partial charge in [-0.2, -0.15) is 0 Å². The smallest absolute Gasteiger partial charge is 0.316 e. The number of rotatable bonds is 3. The molecule has 2 aliphatic rings. The number of methoxy groups -OCH3 is 1. The van der Waals surface area contributed by atoms with E-state index in [9.17, 15) is 9.59 Å². The first-order chi connectivity index (χ1) is 13.2. The number of benzene rings is 1. The van der Waals surface area contributed by atoms with E-state index in [-0.39, 0.29) is 40.3 Å². The highest BCUT2D eigenvalue weighted by atomic mass is 19.1. The van der Waals surface area contributed by atoms with E-state index in [0.29, 0.717) is 18.4 Å². The molecule has 0 heterocycles. The van der Waals surface area contributed by atoms with Crippen molar-refractivity contribution in [3.8, 4) is 17.6 Å². The third-order valence-electron chi connectivity index (χ3n) is 5.28. The highest BCUT2D eigenvalue weighted by Gasteiger charge is 2.45. The second-order valence-electron chi connectivity index (χ2n) is 8.36. The molecule has 5 heteroatoms. The summed E-state index contributed by atoms with van der Waals surface area (Å²) >= 11 is 0. The van der Waals surface area contributed by atoms with Gasteiger partial charge in [0.05, 0.1) is 23.7 Å². The zero-order chi connectivity index (χ0) is 20.6. The van der Waals surface area contributed by atoms with Crippen molar-refractivity contribution in [3.63, 3.8) is 0 Å². The van der Waals surface area contributed by atoms with E-state index in [0.717, 1.165) is 6.42 Å². The van der Waals surface area contributed by atoms with Crippen LogP contribution in [0, 0.1) is 34.9 Å². The van der Waals surface area contributed by atoms with Gasteiger partial charge in [-0.25, -0.2) is 4.39 Å². The van der Waals surface area contributed by atoms with Gasteiger partial charge in [0.2, 0.25) is 0 Å². The molecule has 0 spiro atoms. The maximum atomic E-state index is 15.1. The van der Waals surface area contributed by atoms with Crippen molar-refractivity contribution in [3.05, 3.63) is 34.8 Å². The summed E-state index contributed by atoms with van der Waals surface area (Å²) in [7, 11) is 1.42. The van der Waals surface area contributed by atoms with Crippen LogP contribution in [0.5, 0.6) is 5.75 Å². The maximum absolute atomic E-state index is 15.1.